The van der Waals surface area contributed by atoms with E-state index in [1.165, 1.54) is 11.3 Å². The normalized spacial score (nSPS) is 12.1. The summed E-state index contributed by atoms with van der Waals surface area (Å²) in [4.78, 5) is 22.7. The summed E-state index contributed by atoms with van der Waals surface area (Å²) < 4.78 is 0. The number of thiophene rings is 1. The van der Waals surface area contributed by atoms with E-state index in [1.807, 2.05) is 13.8 Å². The SMILES string of the molecule is CCNC(C)CC(=O)Nc1sccc1C(N)=O. The van der Waals surface area contributed by atoms with Crippen molar-refractivity contribution in [3.63, 3.8) is 0 Å². The summed E-state index contributed by atoms with van der Waals surface area (Å²) in [6.45, 7) is 4.74. The molecule has 1 aromatic rings. The number of anilines is 1. The summed E-state index contributed by atoms with van der Waals surface area (Å²) in [7, 11) is 0. The van der Waals surface area contributed by atoms with Crippen LogP contribution in [0.2, 0.25) is 0 Å². The first-order chi connectivity index (χ1) is 8.04. The van der Waals surface area contributed by atoms with Gasteiger partial charge in [-0.1, -0.05) is 6.92 Å². The minimum absolute atomic E-state index is 0.108. The van der Waals surface area contributed by atoms with E-state index < -0.39 is 5.91 Å². The number of amides is 2. The van der Waals surface area contributed by atoms with Gasteiger partial charge >= 0.3 is 0 Å². The van der Waals surface area contributed by atoms with E-state index in [-0.39, 0.29) is 11.9 Å². The van der Waals surface area contributed by atoms with Gasteiger partial charge in [0.05, 0.1) is 5.56 Å². The first-order valence-corrected chi connectivity index (χ1v) is 6.33. The molecular weight excluding hydrogens is 238 g/mol. The molecule has 4 N–H and O–H groups in total. The molecule has 0 saturated heterocycles. The molecule has 0 aliphatic carbocycles. The topological polar surface area (TPSA) is 84.2 Å². The predicted octanol–water partition coefficient (Wildman–Crippen LogP) is 1.17. The molecule has 0 aromatic carbocycles. The third kappa shape index (κ3) is 4.16. The van der Waals surface area contributed by atoms with Crippen molar-refractivity contribution in [3.8, 4) is 0 Å². The van der Waals surface area contributed by atoms with Crippen molar-refractivity contribution in [2.24, 2.45) is 5.73 Å². The van der Waals surface area contributed by atoms with Crippen LogP contribution >= 0.6 is 11.3 Å². The van der Waals surface area contributed by atoms with E-state index in [2.05, 4.69) is 10.6 Å². The number of hydrogen-bond acceptors (Lipinski definition) is 4. The molecule has 1 heterocycles. The van der Waals surface area contributed by atoms with Crippen molar-refractivity contribution in [1.29, 1.82) is 0 Å². The second-order valence-corrected chi connectivity index (χ2v) is 4.65. The van der Waals surface area contributed by atoms with E-state index in [9.17, 15) is 9.59 Å². The van der Waals surface area contributed by atoms with Crippen molar-refractivity contribution in [2.75, 3.05) is 11.9 Å². The fourth-order valence-corrected chi connectivity index (χ4v) is 2.29. The maximum atomic E-state index is 11.7. The summed E-state index contributed by atoms with van der Waals surface area (Å²) in [6, 6.07) is 1.72. The number of carbonyl (C=O) groups excluding carboxylic acids is 2. The molecule has 1 unspecified atom stereocenters. The first kappa shape index (κ1) is 13.7. The van der Waals surface area contributed by atoms with Gasteiger partial charge in [0.1, 0.15) is 5.00 Å². The molecule has 1 rings (SSSR count). The third-order valence-electron chi connectivity index (χ3n) is 2.23. The van der Waals surface area contributed by atoms with Gasteiger partial charge in [-0.25, -0.2) is 0 Å². The van der Waals surface area contributed by atoms with E-state index in [4.69, 9.17) is 5.73 Å². The largest absolute Gasteiger partial charge is 0.366 e. The van der Waals surface area contributed by atoms with Crippen LogP contribution in [0.1, 0.15) is 30.6 Å². The highest BCUT2D eigenvalue weighted by molar-refractivity contribution is 7.14. The van der Waals surface area contributed by atoms with Crippen molar-refractivity contribution in [2.45, 2.75) is 26.3 Å². The molecule has 0 fully saturated rings. The van der Waals surface area contributed by atoms with Gasteiger partial charge in [0.25, 0.3) is 5.91 Å². The van der Waals surface area contributed by atoms with Crippen LogP contribution in [0.4, 0.5) is 5.00 Å². The molecule has 1 aromatic heterocycles. The third-order valence-corrected chi connectivity index (χ3v) is 3.06. The highest BCUT2D eigenvalue weighted by Crippen LogP contribution is 2.22. The molecule has 0 aliphatic heterocycles. The fraction of sp³-hybridized carbons (Fsp3) is 0.455. The zero-order valence-corrected chi connectivity index (χ0v) is 10.8. The second-order valence-electron chi connectivity index (χ2n) is 3.74. The number of primary amides is 1. The molecule has 0 aliphatic rings. The van der Waals surface area contributed by atoms with Crippen LogP contribution in [-0.4, -0.2) is 24.4 Å². The van der Waals surface area contributed by atoms with Crippen molar-refractivity contribution < 1.29 is 9.59 Å². The predicted molar refractivity (Wildman–Crippen MR) is 69.2 cm³/mol. The summed E-state index contributed by atoms with van der Waals surface area (Å²) in [5.41, 5.74) is 5.55. The van der Waals surface area contributed by atoms with Gasteiger partial charge in [0.15, 0.2) is 0 Å². The Labute approximate surface area is 104 Å². The Morgan fingerprint density at radius 1 is 1.53 bits per heavy atom. The number of rotatable bonds is 6. The fourth-order valence-electron chi connectivity index (χ4n) is 1.48. The smallest absolute Gasteiger partial charge is 0.251 e. The molecular formula is C11H17N3O2S. The monoisotopic (exact) mass is 255 g/mol. The Bertz CT molecular complexity index is 403. The zero-order valence-electron chi connectivity index (χ0n) is 9.95. The summed E-state index contributed by atoms with van der Waals surface area (Å²) in [6.07, 6.45) is 0.365. The van der Waals surface area contributed by atoms with Gasteiger partial charge in [-0.05, 0) is 24.9 Å². The maximum Gasteiger partial charge on any atom is 0.251 e. The molecule has 0 bridgehead atoms. The van der Waals surface area contributed by atoms with Gasteiger partial charge in [-0.15, -0.1) is 11.3 Å². The van der Waals surface area contributed by atoms with Gasteiger partial charge in [-0.2, -0.15) is 0 Å². The van der Waals surface area contributed by atoms with E-state index in [0.29, 0.717) is 17.0 Å². The van der Waals surface area contributed by atoms with Crippen molar-refractivity contribution in [1.82, 2.24) is 5.32 Å². The molecule has 0 spiro atoms. The molecule has 0 radical (unpaired) electrons. The van der Waals surface area contributed by atoms with Crippen LogP contribution < -0.4 is 16.4 Å². The van der Waals surface area contributed by atoms with E-state index in [1.54, 1.807) is 11.4 Å². The summed E-state index contributed by atoms with van der Waals surface area (Å²) in [5.74, 6) is -0.648. The quantitative estimate of drug-likeness (QED) is 0.713. The van der Waals surface area contributed by atoms with Gasteiger partial charge < -0.3 is 16.4 Å². The van der Waals surface area contributed by atoms with Crippen LogP contribution in [0, 0.1) is 0 Å². The van der Waals surface area contributed by atoms with Gasteiger partial charge in [0, 0.05) is 12.5 Å². The average molecular weight is 255 g/mol. The number of nitrogens with two attached hydrogens (primary N) is 1. The molecule has 6 heteroatoms. The van der Waals surface area contributed by atoms with E-state index >= 15 is 0 Å². The van der Waals surface area contributed by atoms with E-state index in [0.717, 1.165) is 6.54 Å². The van der Waals surface area contributed by atoms with Crippen LogP contribution in [-0.2, 0) is 4.79 Å². The lowest BCUT2D eigenvalue weighted by atomic mass is 10.2. The molecule has 5 nitrogen and oxygen atoms in total. The number of hydrogen-bond donors (Lipinski definition) is 3. The number of carbonyl (C=O) groups is 2. The van der Waals surface area contributed by atoms with Gasteiger partial charge in [0.2, 0.25) is 5.91 Å². The average Bonchev–Trinajstić information content (AvgIpc) is 2.65. The van der Waals surface area contributed by atoms with Gasteiger partial charge in [-0.3, -0.25) is 9.59 Å². The standard InChI is InChI=1S/C11H17N3O2S/c1-3-13-7(2)6-9(15)14-11-8(10(12)16)4-5-17-11/h4-5,7,13H,3,6H2,1-2H3,(H2,12,16)(H,14,15). The van der Waals surface area contributed by atoms with Crippen LogP contribution in [0.5, 0.6) is 0 Å². The lowest BCUT2D eigenvalue weighted by Gasteiger charge is -2.11. The molecule has 94 valence electrons. The Hall–Kier alpha value is -1.40. The Kier molecular flexibility index (Phi) is 5.11. The zero-order chi connectivity index (χ0) is 12.8. The highest BCUT2D eigenvalue weighted by Gasteiger charge is 2.13. The Morgan fingerprint density at radius 2 is 2.24 bits per heavy atom. The molecule has 17 heavy (non-hydrogen) atoms. The lowest BCUT2D eigenvalue weighted by molar-refractivity contribution is -0.116. The highest BCUT2D eigenvalue weighted by atomic mass is 32.1. The molecule has 1 atom stereocenters. The molecule has 2 amide bonds. The van der Waals surface area contributed by atoms with Crippen LogP contribution in [0.3, 0.4) is 0 Å². The summed E-state index contributed by atoms with van der Waals surface area (Å²) in [5, 5.41) is 8.09. The Morgan fingerprint density at radius 3 is 2.82 bits per heavy atom. The summed E-state index contributed by atoms with van der Waals surface area (Å²) >= 11 is 1.29. The van der Waals surface area contributed by atoms with Crippen molar-refractivity contribution in [3.05, 3.63) is 17.0 Å². The Balaban J connectivity index is 2.56. The minimum atomic E-state index is -0.527. The lowest BCUT2D eigenvalue weighted by Crippen LogP contribution is -2.30. The second kappa shape index (κ2) is 6.36. The number of nitrogens with one attached hydrogen (secondary N) is 2. The molecule has 0 saturated carbocycles. The van der Waals surface area contributed by atoms with Crippen LogP contribution in [0.25, 0.3) is 0 Å². The van der Waals surface area contributed by atoms with Crippen LogP contribution in [0.15, 0.2) is 11.4 Å². The first-order valence-electron chi connectivity index (χ1n) is 5.45. The minimum Gasteiger partial charge on any atom is -0.366 e. The maximum absolute atomic E-state index is 11.7. The van der Waals surface area contributed by atoms with Crippen molar-refractivity contribution >= 4 is 28.2 Å².